The maximum atomic E-state index is 5.68. The zero-order chi connectivity index (χ0) is 10.5. The summed E-state index contributed by atoms with van der Waals surface area (Å²) in [6.45, 7) is 0. The molecule has 0 aliphatic heterocycles. The van der Waals surface area contributed by atoms with Crippen molar-refractivity contribution in [3.63, 3.8) is 0 Å². The molecule has 0 bridgehead atoms. The van der Waals surface area contributed by atoms with E-state index < -0.39 is 0 Å². The van der Waals surface area contributed by atoms with E-state index in [9.17, 15) is 0 Å². The minimum Gasteiger partial charge on any atom is -0.447 e. The van der Waals surface area contributed by atoms with Crippen LogP contribution in [-0.2, 0) is 5.88 Å². The quantitative estimate of drug-likeness (QED) is 0.588. The van der Waals surface area contributed by atoms with Gasteiger partial charge in [0.2, 0.25) is 0 Å². The van der Waals surface area contributed by atoms with Gasteiger partial charge in [-0.1, -0.05) is 12.8 Å². The maximum Gasteiger partial charge on any atom is 0.394 e. The van der Waals surface area contributed by atoms with Crippen molar-refractivity contribution in [1.29, 1.82) is 0 Å². The van der Waals surface area contributed by atoms with E-state index in [4.69, 9.17) is 20.8 Å². The van der Waals surface area contributed by atoms with Crippen molar-refractivity contribution in [3.8, 4) is 6.08 Å². The van der Waals surface area contributed by atoms with Crippen LogP contribution in [0.3, 0.4) is 0 Å². The summed E-state index contributed by atoms with van der Waals surface area (Å²) < 4.78 is 10.9. The van der Waals surface area contributed by atoms with Gasteiger partial charge in [0, 0.05) is 0 Å². The molecule has 1 heterocycles. The Morgan fingerprint density at radius 1 is 1.33 bits per heavy atom. The van der Waals surface area contributed by atoms with E-state index in [0.29, 0.717) is 12.0 Å². The van der Waals surface area contributed by atoms with Gasteiger partial charge in [-0.3, -0.25) is 0 Å². The topological polar surface area (TPSA) is 35.3 Å². The van der Waals surface area contributed by atoms with Gasteiger partial charge in [-0.2, -0.15) is 4.98 Å². The summed E-state index contributed by atoms with van der Waals surface area (Å²) in [4.78, 5) is 4.13. The molecular formula is C11H16ClNO2. The lowest BCUT2D eigenvalue weighted by Gasteiger charge is -2.12. The van der Waals surface area contributed by atoms with Crippen LogP contribution in [0.15, 0.2) is 10.7 Å². The van der Waals surface area contributed by atoms with Gasteiger partial charge >= 0.3 is 6.08 Å². The number of oxazole rings is 1. The van der Waals surface area contributed by atoms with Crippen LogP contribution in [0.4, 0.5) is 0 Å². The Morgan fingerprint density at radius 3 is 2.67 bits per heavy atom. The monoisotopic (exact) mass is 229 g/mol. The lowest BCUT2D eigenvalue weighted by molar-refractivity contribution is 0.133. The minimum atomic E-state index is 0.273. The third-order valence-electron chi connectivity index (χ3n) is 2.74. The first-order chi connectivity index (χ1) is 7.38. The standard InChI is InChI=1S/C11H16ClNO2/c12-7-9-8-14-11(13-9)15-10-5-3-1-2-4-6-10/h8,10H,1-7H2. The molecule has 0 unspecified atom stereocenters. The molecule has 0 aromatic carbocycles. The molecule has 0 saturated heterocycles. The van der Waals surface area contributed by atoms with Crippen LogP contribution in [0.5, 0.6) is 6.08 Å². The lowest BCUT2D eigenvalue weighted by atomic mass is 10.2. The van der Waals surface area contributed by atoms with E-state index in [2.05, 4.69) is 4.98 Å². The van der Waals surface area contributed by atoms with Crippen molar-refractivity contribution in [1.82, 2.24) is 4.98 Å². The molecule has 1 saturated carbocycles. The highest BCUT2D eigenvalue weighted by molar-refractivity contribution is 6.16. The van der Waals surface area contributed by atoms with Crippen molar-refractivity contribution in [2.45, 2.75) is 50.5 Å². The lowest BCUT2D eigenvalue weighted by Crippen LogP contribution is -2.15. The molecule has 0 spiro atoms. The number of alkyl halides is 1. The first-order valence-electron chi connectivity index (χ1n) is 5.55. The smallest absolute Gasteiger partial charge is 0.394 e. The van der Waals surface area contributed by atoms with Crippen LogP contribution in [0.2, 0.25) is 0 Å². The Hall–Kier alpha value is -0.700. The van der Waals surface area contributed by atoms with Crippen molar-refractivity contribution >= 4 is 11.6 Å². The second kappa shape index (κ2) is 5.40. The van der Waals surface area contributed by atoms with Crippen molar-refractivity contribution in [2.24, 2.45) is 0 Å². The maximum absolute atomic E-state index is 5.68. The Kier molecular flexibility index (Phi) is 3.89. The van der Waals surface area contributed by atoms with Gasteiger partial charge in [-0.05, 0) is 25.7 Å². The molecule has 0 radical (unpaired) electrons. The molecule has 84 valence electrons. The molecule has 1 aromatic rings. The number of nitrogens with zero attached hydrogens (tertiary/aromatic N) is 1. The van der Waals surface area contributed by atoms with Gasteiger partial charge in [0.05, 0.1) is 11.6 Å². The molecule has 1 aliphatic rings. The van der Waals surface area contributed by atoms with Gasteiger partial charge in [-0.15, -0.1) is 11.6 Å². The molecule has 1 aromatic heterocycles. The third-order valence-corrected chi connectivity index (χ3v) is 3.01. The van der Waals surface area contributed by atoms with E-state index in [1.165, 1.54) is 25.7 Å². The zero-order valence-corrected chi connectivity index (χ0v) is 9.50. The van der Waals surface area contributed by atoms with Gasteiger partial charge < -0.3 is 9.15 Å². The van der Waals surface area contributed by atoms with E-state index in [1.54, 1.807) is 6.26 Å². The van der Waals surface area contributed by atoms with Crippen molar-refractivity contribution < 1.29 is 9.15 Å². The van der Waals surface area contributed by atoms with Crippen LogP contribution < -0.4 is 4.74 Å². The summed E-state index contributed by atoms with van der Waals surface area (Å²) in [5, 5.41) is 0. The number of halogens is 1. The number of hydrogen-bond acceptors (Lipinski definition) is 3. The van der Waals surface area contributed by atoms with Crippen molar-refractivity contribution in [2.75, 3.05) is 0 Å². The summed E-state index contributed by atoms with van der Waals surface area (Å²) in [6, 6.07) is 0. The fourth-order valence-electron chi connectivity index (χ4n) is 1.91. The van der Waals surface area contributed by atoms with Gasteiger partial charge in [0.15, 0.2) is 0 Å². The highest BCUT2D eigenvalue weighted by Crippen LogP contribution is 2.22. The number of ether oxygens (including phenoxy) is 1. The highest BCUT2D eigenvalue weighted by atomic mass is 35.5. The zero-order valence-electron chi connectivity index (χ0n) is 8.75. The third kappa shape index (κ3) is 3.13. The second-order valence-corrected chi connectivity index (χ2v) is 4.24. The molecule has 1 aliphatic carbocycles. The Labute approximate surface area is 94.8 Å². The first-order valence-corrected chi connectivity index (χ1v) is 6.09. The SMILES string of the molecule is ClCc1coc(OC2CCCCCC2)n1. The minimum absolute atomic E-state index is 0.273. The summed E-state index contributed by atoms with van der Waals surface area (Å²) in [5.74, 6) is 0.373. The molecule has 0 atom stereocenters. The fraction of sp³-hybridized carbons (Fsp3) is 0.727. The number of aromatic nitrogens is 1. The summed E-state index contributed by atoms with van der Waals surface area (Å²) in [6.07, 6.45) is 9.54. The summed E-state index contributed by atoms with van der Waals surface area (Å²) in [7, 11) is 0. The van der Waals surface area contributed by atoms with Gasteiger partial charge in [0.1, 0.15) is 12.4 Å². The van der Waals surface area contributed by atoms with E-state index in [1.807, 2.05) is 0 Å². The molecule has 0 N–H and O–H groups in total. The number of rotatable bonds is 3. The van der Waals surface area contributed by atoms with E-state index in [0.717, 1.165) is 18.5 Å². The second-order valence-electron chi connectivity index (χ2n) is 3.97. The molecule has 1 fully saturated rings. The Balaban J connectivity index is 1.89. The largest absolute Gasteiger partial charge is 0.447 e. The van der Waals surface area contributed by atoms with Crippen LogP contribution in [0, 0.1) is 0 Å². The molecule has 2 rings (SSSR count). The average molecular weight is 230 g/mol. The van der Waals surface area contributed by atoms with Gasteiger partial charge in [-0.25, -0.2) is 0 Å². The first kappa shape index (κ1) is 10.8. The van der Waals surface area contributed by atoms with E-state index >= 15 is 0 Å². The normalized spacial score (nSPS) is 18.7. The molecule has 4 heteroatoms. The Morgan fingerprint density at radius 2 is 2.07 bits per heavy atom. The highest BCUT2D eigenvalue weighted by Gasteiger charge is 2.16. The predicted octanol–water partition coefficient (Wildman–Crippen LogP) is 3.52. The summed E-state index contributed by atoms with van der Waals surface area (Å²) in [5.41, 5.74) is 0.736. The van der Waals surface area contributed by atoms with Crippen molar-refractivity contribution in [3.05, 3.63) is 12.0 Å². The summed E-state index contributed by atoms with van der Waals surface area (Å²) >= 11 is 5.63. The average Bonchev–Trinajstić information content (AvgIpc) is 2.54. The van der Waals surface area contributed by atoms with E-state index in [-0.39, 0.29) is 6.10 Å². The molecule has 0 amide bonds. The fourth-order valence-corrected chi connectivity index (χ4v) is 2.03. The predicted molar refractivity (Wildman–Crippen MR) is 58.2 cm³/mol. The van der Waals surface area contributed by atoms with Gasteiger partial charge in [0.25, 0.3) is 0 Å². The van der Waals surface area contributed by atoms with Crippen LogP contribution >= 0.6 is 11.6 Å². The van der Waals surface area contributed by atoms with Crippen LogP contribution in [-0.4, -0.2) is 11.1 Å². The molecule has 3 nitrogen and oxygen atoms in total. The Bertz CT molecular complexity index is 293. The van der Waals surface area contributed by atoms with Crippen LogP contribution in [0.1, 0.15) is 44.2 Å². The molecule has 15 heavy (non-hydrogen) atoms. The molecular weight excluding hydrogens is 214 g/mol. The van der Waals surface area contributed by atoms with Crippen LogP contribution in [0.25, 0.3) is 0 Å². The number of hydrogen-bond donors (Lipinski definition) is 0.